The maximum Gasteiger partial charge on any atom is 0.124 e. The van der Waals surface area contributed by atoms with E-state index < -0.39 is 0 Å². The van der Waals surface area contributed by atoms with Crippen LogP contribution < -0.4 is 10.1 Å². The molecule has 20 heavy (non-hydrogen) atoms. The van der Waals surface area contributed by atoms with E-state index in [4.69, 9.17) is 4.74 Å². The van der Waals surface area contributed by atoms with Gasteiger partial charge >= 0.3 is 0 Å². The molecular weight excluding hydrogens is 344 g/mol. The molecule has 2 rings (SSSR count). The van der Waals surface area contributed by atoms with Crippen molar-refractivity contribution in [3.8, 4) is 5.75 Å². The number of nitrogens with zero attached hydrogens (tertiary/aromatic N) is 1. The van der Waals surface area contributed by atoms with Crippen LogP contribution in [0.1, 0.15) is 18.5 Å². The van der Waals surface area contributed by atoms with Gasteiger partial charge in [-0.2, -0.15) is 0 Å². The SMILES string of the molecule is CCOc1ccc(Br)cc1[C@H](CO)N1CCNCC1.Cl. The molecule has 1 aromatic rings. The Kier molecular flexibility index (Phi) is 7.84. The van der Waals surface area contributed by atoms with Gasteiger partial charge in [-0.3, -0.25) is 4.90 Å². The van der Waals surface area contributed by atoms with Crippen LogP contribution in [-0.2, 0) is 0 Å². The molecule has 0 radical (unpaired) electrons. The first-order chi connectivity index (χ1) is 9.26. The van der Waals surface area contributed by atoms with Gasteiger partial charge in [-0.15, -0.1) is 12.4 Å². The van der Waals surface area contributed by atoms with E-state index in [1.54, 1.807) is 0 Å². The number of halogens is 2. The van der Waals surface area contributed by atoms with Gasteiger partial charge in [0.25, 0.3) is 0 Å². The number of aliphatic hydroxyl groups is 1. The highest BCUT2D eigenvalue weighted by Crippen LogP contribution is 2.32. The molecule has 0 aliphatic carbocycles. The maximum atomic E-state index is 9.78. The largest absolute Gasteiger partial charge is 0.494 e. The van der Waals surface area contributed by atoms with Gasteiger partial charge in [-0.25, -0.2) is 0 Å². The average molecular weight is 366 g/mol. The standard InChI is InChI=1S/C14H21BrN2O2.ClH/c1-2-19-14-4-3-11(15)9-12(14)13(10-18)17-7-5-16-6-8-17;/h3-4,9,13,16,18H,2,5-8,10H2,1H3;1H/t13-;/m0./s1. The third-order valence-electron chi connectivity index (χ3n) is 3.40. The van der Waals surface area contributed by atoms with Gasteiger partial charge in [0, 0.05) is 36.2 Å². The number of nitrogens with one attached hydrogen (secondary N) is 1. The quantitative estimate of drug-likeness (QED) is 0.840. The number of hydrogen-bond acceptors (Lipinski definition) is 4. The lowest BCUT2D eigenvalue weighted by molar-refractivity contribution is 0.108. The summed E-state index contributed by atoms with van der Waals surface area (Å²) in [6.07, 6.45) is 0. The molecule has 0 spiro atoms. The molecule has 0 aromatic heterocycles. The number of aliphatic hydroxyl groups excluding tert-OH is 1. The predicted octanol–water partition coefficient (Wildman–Crippen LogP) is 2.21. The van der Waals surface area contributed by atoms with Crippen LogP contribution in [0.25, 0.3) is 0 Å². The van der Waals surface area contributed by atoms with Crippen LogP contribution in [-0.4, -0.2) is 49.4 Å². The highest BCUT2D eigenvalue weighted by Gasteiger charge is 2.24. The molecular formula is C14H22BrClN2O2. The summed E-state index contributed by atoms with van der Waals surface area (Å²) in [4.78, 5) is 2.31. The molecule has 1 aliphatic heterocycles. The van der Waals surface area contributed by atoms with Crippen molar-refractivity contribution in [1.29, 1.82) is 0 Å². The van der Waals surface area contributed by atoms with E-state index in [0.29, 0.717) is 6.61 Å². The summed E-state index contributed by atoms with van der Waals surface area (Å²) < 4.78 is 6.70. The van der Waals surface area contributed by atoms with Gasteiger partial charge in [-0.05, 0) is 25.1 Å². The molecule has 1 atom stereocenters. The van der Waals surface area contributed by atoms with Crippen molar-refractivity contribution in [1.82, 2.24) is 10.2 Å². The van der Waals surface area contributed by atoms with Gasteiger partial charge in [0.2, 0.25) is 0 Å². The van der Waals surface area contributed by atoms with Crippen molar-refractivity contribution >= 4 is 28.3 Å². The monoisotopic (exact) mass is 364 g/mol. The lowest BCUT2D eigenvalue weighted by Gasteiger charge is -2.34. The second-order valence-corrected chi connectivity index (χ2v) is 5.52. The molecule has 0 bridgehead atoms. The Morgan fingerprint density at radius 1 is 1.40 bits per heavy atom. The molecule has 1 aromatic carbocycles. The fraction of sp³-hybridized carbons (Fsp3) is 0.571. The first kappa shape index (κ1) is 17.7. The third-order valence-corrected chi connectivity index (χ3v) is 3.89. The van der Waals surface area contributed by atoms with E-state index in [1.165, 1.54) is 0 Å². The second kappa shape index (κ2) is 8.85. The van der Waals surface area contributed by atoms with Gasteiger partial charge in [0.15, 0.2) is 0 Å². The van der Waals surface area contributed by atoms with Crippen LogP contribution in [0.3, 0.4) is 0 Å². The molecule has 1 heterocycles. The molecule has 114 valence electrons. The fourth-order valence-corrected chi connectivity index (χ4v) is 2.85. The summed E-state index contributed by atoms with van der Waals surface area (Å²) in [5, 5.41) is 13.1. The Morgan fingerprint density at radius 2 is 2.10 bits per heavy atom. The molecule has 1 fully saturated rings. The molecule has 1 aliphatic rings. The number of hydrogen-bond donors (Lipinski definition) is 2. The van der Waals surface area contributed by atoms with E-state index in [1.807, 2.05) is 25.1 Å². The Morgan fingerprint density at radius 3 is 2.70 bits per heavy atom. The van der Waals surface area contributed by atoms with Crippen molar-refractivity contribution in [2.75, 3.05) is 39.4 Å². The third kappa shape index (κ3) is 4.33. The summed E-state index contributed by atoms with van der Waals surface area (Å²) in [5.41, 5.74) is 1.06. The lowest BCUT2D eigenvalue weighted by atomic mass is 10.0. The Balaban J connectivity index is 0.00000200. The Hall–Kier alpha value is -0.330. The first-order valence-electron chi connectivity index (χ1n) is 6.74. The summed E-state index contributed by atoms with van der Waals surface area (Å²) in [5.74, 6) is 0.864. The molecule has 1 saturated heterocycles. The predicted molar refractivity (Wildman–Crippen MR) is 86.8 cm³/mol. The van der Waals surface area contributed by atoms with Crippen LogP contribution in [0.5, 0.6) is 5.75 Å². The molecule has 0 saturated carbocycles. The summed E-state index contributed by atoms with van der Waals surface area (Å²) >= 11 is 3.50. The molecule has 0 unspecified atom stereocenters. The van der Waals surface area contributed by atoms with Gasteiger partial charge in [-0.1, -0.05) is 15.9 Å². The van der Waals surface area contributed by atoms with Crippen LogP contribution in [0, 0.1) is 0 Å². The number of benzene rings is 1. The number of piperazine rings is 1. The zero-order chi connectivity index (χ0) is 13.7. The molecule has 6 heteroatoms. The first-order valence-corrected chi connectivity index (χ1v) is 7.53. The van der Waals surface area contributed by atoms with Crippen molar-refractivity contribution in [2.45, 2.75) is 13.0 Å². The van der Waals surface area contributed by atoms with Gasteiger partial charge < -0.3 is 15.2 Å². The minimum Gasteiger partial charge on any atom is -0.494 e. The van der Waals surface area contributed by atoms with E-state index in [-0.39, 0.29) is 25.1 Å². The Labute approximate surface area is 135 Å². The van der Waals surface area contributed by atoms with Crippen molar-refractivity contribution < 1.29 is 9.84 Å². The number of rotatable bonds is 5. The zero-order valence-electron chi connectivity index (χ0n) is 11.6. The van der Waals surface area contributed by atoms with Crippen molar-refractivity contribution in [3.05, 3.63) is 28.2 Å². The summed E-state index contributed by atoms with van der Waals surface area (Å²) in [6, 6.07) is 5.99. The second-order valence-electron chi connectivity index (χ2n) is 4.60. The summed E-state index contributed by atoms with van der Waals surface area (Å²) in [6.45, 7) is 6.55. The van der Waals surface area contributed by atoms with Gasteiger partial charge in [0.1, 0.15) is 5.75 Å². The van der Waals surface area contributed by atoms with Crippen LogP contribution in [0.4, 0.5) is 0 Å². The van der Waals surface area contributed by atoms with E-state index in [0.717, 1.165) is 42.0 Å². The van der Waals surface area contributed by atoms with Crippen LogP contribution in [0.15, 0.2) is 22.7 Å². The minimum absolute atomic E-state index is 0. The van der Waals surface area contributed by atoms with Crippen LogP contribution in [0.2, 0.25) is 0 Å². The molecule has 0 amide bonds. The fourth-order valence-electron chi connectivity index (χ4n) is 2.47. The van der Waals surface area contributed by atoms with Gasteiger partial charge in [0.05, 0.1) is 19.3 Å². The average Bonchev–Trinajstić information content (AvgIpc) is 2.44. The Bertz CT molecular complexity index is 414. The van der Waals surface area contributed by atoms with E-state index in [2.05, 4.69) is 26.1 Å². The summed E-state index contributed by atoms with van der Waals surface area (Å²) in [7, 11) is 0. The molecule has 4 nitrogen and oxygen atoms in total. The zero-order valence-corrected chi connectivity index (χ0v) is 14.0. The highest BCUT2D eigenvalue weighted by atomic mass is 79.9. The number of ether oxygens (including phenoxy) is 1. The normalized spacial score (nSPS) is 17.4. The van der Waals surface area contributed by atoms with E-state index >= 15 is 0 Å². The maximum absolute atomic E-state index is 9.78. The minimum atomic E-state index is 0. The van der Waals surface area contributed by atoms with Crippen LogP contribution >= 0.6 is 28.3 Å². The van der Waals surface area contributed by atoms with Crippen molar-refractivity contribution in [2.24, 2.45) is 0 Å². The van der Waals surface area contributed by atoms with E-state index in [9.17, 15) is 5.11 Å². The molecule has 2 N–H and O–H groups in total. The smallest absolute Gasteiger partial charge is 0.124 e. The topological polar surface area (TPSA) is 44.7 Å². The van der Waals surface area contributed by atoms with Crippen molar-refractivity contribution in [3.63, 3.8) is 0 Å². The highest BCUT2D eigenvalue weighted by molar-refractivity contribution is 9.10. The lowest BCUT2D eigenvalue weighted by Crippen LogP contribution is -2.46.